The number of hydrogen-bond donors (Lipinski definition) is 2. The fourth-order valence-corrected chi connectivity index (χ4v) is 4.02. The minimum absolute atomic E-state index is 0.0413. The van der Waals surface area contributed by atoms with E-state index in [9.17, 15) is 36.2 Å². The molecule has 1 heterocycles. The first-order valence-corrected chi connectivity index (χ1v) is 10.1. The molecule has 4 nitrogen and oxygen atoms in total. The number of aliphatic hydroxyl groups is 1. The van der Waals surface area contributed by atoms with E-state index in [-0.39, 0.29) is 24.3 Å². The fourth-order valence-electron chi connectivity index (χ4n) is 4.02. The van der Waals surface area contributed by atoms with Crippen molar-refractivity contribution in [3.8, 4) is 0 Å². The summed E-state index contributed by atoms with van der Waals surface area (Å²) in [5.74, 6) is -0.176. The molecule has 0 bridgehead atoms. The van der Waals surface area contributed by atoms with Gasteiger partial charge in [-0.1, -0.05) is 24.3 Å². The molecule has 1 saturated carbocycles. The molecule has 0 saturated heterocycles. The highest BCUT2D eigenvalue weighted by Crippen LogP contribution is 2.50. The number of nitrogens with zero attached hydrogens (tertiary/aromatic N) is 1. The second-order valence-electron chi connectivity index (χ2n) is 7.98. The highest BCUT2D eigenvalue weighted by Gasteiger charge is 2.71. The zero-order chi connectivity index (χ0) is 23.6. The largest absolute Gasteiger partial charge is 0.430 e. The number of aromatic nitrogens is 1. The molecule has 174 valence electrons. The van der Waals surface area contributed by atoms with Crippen LogP contribution in [0.3, 0.4) is 0 Å². The molecule has 0 radical (unpaired) electrons. The standard InChI is InChI=1S/C22H22F6N2O2/c23-21(24,25)20(32,22(26,27)28)17-5-1-15(2-6-17)16-3-7-18(8-4-16)30-19(31)13-14-9-11-29-12-10-14/h1-2,5-6,9-12,16,18,32H,3-4,7-8,13H2,(H,30,31)/t16-,18+. The van der Waals surface area contributed by atoms with Gasteiger partial charge in [-0.2, -0.15) is 26.3 Å². The van der Waals surface area contributed by atoms with Gasteiger partial charge < -0.3 is 10.4 Å². The molecule has 3 rings (SSSR count). The van der Waals surface area contributed by atoms with Gasteiger partial charge in [0.2, 0.25) is 5.91 Å². The van der Waals surface area contributed by atoms with Crippen LogP contribution in [0.2, 0.25) is 0 Å². The predicted octanol–water partition coefficient (Wildman–Crippen LogP) is 4.78. The Balaban J connectivity index is 1.60. The Labute approximate surface area is 180 Å². The summed E-state index contributed by atoms with van der Waals surface area (Å²) in [7, 11) is 0. The Kier molecular flexibility index (Phi) is 6.83. The molecule has 1 aliphatic rings. The highest BCUT2D eigenvalue weighted by molar-refractivity contribution is 5.78. The molecule has 10 heteroatoms. The van der Waals surface area contributed by atoms with Crippen LogP contribution in [0.4, 0.5) is 26.3 Å². The van der Waals surface area contributed by atoms with Crippen molar-refractivity contribution in [1.29, 1.82) is 0 Å². The van der Waals surface area contributed by atoms with Crippen molar-refractivity contribution in [1.82, 2.24) is 10.3 Å². The average molecular weight is 460 g/mol. The van der Waals surface area contributed by atoms with Crippen LogP contribution in [0.5, 0.6) is 0 Å². The molecular weight excluding hydrogens is 438 g/mol. The van der Waals surface area contributed by atoms with E-state index in [2.05, 4.69) is 10.3 Å². The van der Waals surface area contributed by atoms with Crippen molar-refractivity contribution in [2.75, 3.05) is 0 Å². The van der Waals surface area contributed by atoms with Gasteiger partial charge in [0.1, 0.15) is 0 Å². The lowest BCUT2D eigenvalue weighted by Gasteiger charge is -2.33. The second-order valence-corrected chi connectivity index (χ2v) is 7.98. The number of carbonyl (C=O) groups excluding carboxylic acids is 1. The SMILES string of the molecule is O=C(Cc1ccncc1)N[C@H]1CC[C@@H](c2ccc(C(O)(C(F)(F)F)C(F)(F)F)cc2)CC1. The summed E-state index contributed by atoms with van der Waals surface area (Å²) >= 11 is 0. The summed E-state index contributed by atoms with van der Waals surface area (Å²) in [5.41, 5.74) is -4.75. The lowest BCUT2D eigenvalue weighted by Crippen LogP contribution is -2.53. The lowest BCUT2D eigenvalue weighted by atomic mass is 9.80. The van der Waals surface area contributed by atoms with E-state index in [0.717, 1.165) is 5.56 Å². The predicted molar refractivity (Wildman–Crippen MR) is 104 cm³/mol. The van der Waals surface area contributed by atoms with E-state index in [1.807, 2.05) is 0 Å². The van der Waals surface area contributed by atoms with Crippen LogP contribution >= 0.6 is 0 Å². The number of carbonyl (C=O) groups is 1. The number of nitrogens with one attached hydrogen (secondary N) is 1. The number of amides is 1. The first-order chi connectivity index (χ1) is 14.9. The van der Waals surface area contributed by atoms with Gasteiger partial charge in [0, 0.05) is 24.0 Å². The molecule has 1 aromatic heterocycles. The number of pyridine rings is 1. The van der Waals surface area contributed by atoms with Gasteiger partial charge in [-0.15, -0.1) is 0 Å². The van der Waals surface area contributed by atoms with Gasteiger partial charge in [-0.25, -0.2) is 0 Å². The van der Waals surface area contributed by atoms with Crippen LogP contribution in [0, 0.1) is 0 Å². The summed E-state index contributed by atoms with van der Waals surface area (Å²) in [5, 5.41) is 12.4. The van der Waals surface area contributed by atoms with Gasteiger partial charge in [-0.05, 0) is 54.9 Å². The van der Waals surface area contributed by atoms with E-state index in [4.69, 9.17) is 0 Å². The third-order valence-electron chi connectivity index (χ3n) is 5.83. The Morgan fingerprint density at radius 2 is 1.44 bits per heavy atom. The zero-order valence-electron chi connectivity index (χ0n) is 16.9. The minimum Gasteiger partial charge on any atom is -0.369 e. The Morgan fingerprint density at radius 3 is 1.94 bits per heavy atom. The second kappa shape index (κ2) is 9.09. The van der Waals surface area contributed by atoms with Crippen molar-refractivity contribution >= 4 is 5.91 Å². The maximum atomic E-state index is 13.0. The summed E-state index contributed by atoms with van der Waals surface area (Å²) in [6.07, 6.45) is -5.84. The summed E-state index contributed by atoms with van der Waals surface area (Å²) < 4.78 is 78.1. The third kappa shape index (κ3) is 5.06. The topological polar surface area (TPSA) is 62.2 Å². The molecule has 0 atom stereocenters. The summed E-state index contributed by atoms with van der Waals surface area (Å²) in [6, 6.07) is 7.21. The smallest absolute Gasteiger partial charge is 0.369 e. The van der Waals surface area contributed by atoms with Crippen LogP contribution in [-0.4, -0.2) is 34.4 Å². The number of alkyl halides is 6. The Bertz CT molecular complexity index is 891. The Morgan fingerprint density at radius 1 is 0.906 bits per heavy atom. The average Bonchev–Trinajstić information content (AvgIpc) is 2.73. The van der Waals surface area contributed by atoms with Crippen molar-refractivity contribution in [3.05, 3.63) is 65.5 Å². The number of rotatable bonds is 5. The van der Waals surface area contributed by atoms with E-state index in [1.165, 1.54) is 12.1 Å². The monoisotopic (exact) mass is 460 g/mol. The van der Waals surface area contributed by atoms with Crippen LogP contribution in [0.15, 0.2) is 48.8 Å². The molecule has 1 amide bonds. The van der Waals surface area contributed by atoms with Crippen molar-refractivity contribution < 1.29 is 36.2 Å². The van der Waals surface area contributed by atoms with Crippen molar-refractivity contribution in [3.63, 3.8) is 0 Å². The number of hydrogen-bond acceptors (Lipinski definition) is 3. The molecule has 32 heavy (non-hydrogen) atoms. The number of halogens is 6. The zero-order valence-corrected chi connectivity index (χ0v) is 16.9. The van der Waals surface area contributed by atoms with E-state index in [0.29, 0.717) is 43.4 Å². The van der Waals surface area contributed by atoms with Crippen LogP contribution in [0.1, 0.15) is 48.3 Å². The van der Waals surface area contributed by atoms with Gasteiger partial charge in [0.15, 0.2) is 0 Å². The molecule has 2 aromatic rings. The minimum atomic E-state index is -5.90. The molecule has 1 aliphatic carbocycles. The summed E-state index contributed by atoms with van der Waals surface area (Å²) in [4.78, 5) is 16.1. The third-order valence-corrected chi connectivity index (χ3v) is 5.83. The van der Waals surface area contributed by atoms with Gasteiger partial charge >= 0.3 is 12.4 Å². The van der Waals surface area contributed by atoms with Crippen LogP contribution in [-0.2, 0) is 16.8 Å². The molecule has 1 aromatic carbocycles. The van der Waals surface area contributed by atoms with E-state index < -0.39 is 23.5 Å². The molecule has 2 N–H and O–H groups in total. The highest BCUT2D eigenvalue weighted by atomic mass is 19.4. The fraction of sp³-hybridized carbons (Fsp3) is 0.455. The van der Waals surface area contributed by atoms with Gasteiger partial charge in [0.05, 0.1) is 6.42 Å². The molecule has 1 fully saturated rings. The first kappa shape index (κ1) is 24.0. The maximum absolute atomic E-state index is 13.0. The molecular formula is C22H22F6N2O2. The maximum Gasteiger partial charge on any atom is 0.430 e. The molecule has 0 aliphatic heterocycles. The normalized spacial score (nSPS) is 20.1. The van der Waals surface area contributed by atoms with Gasteiger partial charge in [-0.3, -0.25) is 9.78 Å². The van der Waals surface area contributed by atoms with E-state index in [1.54, 1.807) is 24.5 Å². The quantitative estimate of drug-likeness (QED) is 0.632. The van der Waals surface area contributed by atoms with Gasteiger partial charge in [0.25, 0.3) is 5.60 Å². The van der Waals surface area contributed by atoms with Crippen LogP contribution in [0.25, 0.3) is 0 Å². The van der Waals surface area contributed by atoms with Crippen molar-refractivity contribution in [2.45, 2.75) is 62.0 Å². The number of benzene rings is 1. The summed E-state index contributed by atoms with van der Waals surface area (Å²) in [6.45, 7) is 0. The Hall–Kier alpha value is -2.62. The molecule has 0 spiro atoms. The first-order valence-electron chi connectivity index (χ1n) is 10.1. The lowest BCUT2D eigenvalue weighted by molar-refractivity contribution is -0.376. The van der Waals surface area contributed by atoms with Crippen molar-refractivity contribution in [2.24, 2.45) is 0 Å². The van der Waals surface area contributed by atoms with Crippen LogP contribution < -0.4 is 5.32 Å². The van der Waals surface area contributed by atoms with E-state index >= 15 is 0 Å². The molecule has 0 unspecified atom stereocenters.